The summed E-state index contributed by atoms with van der Waals surface area (Å²) in [6, 6.07) is 14.2. The average molecular weight is 293 g/mol. The number of amides is 1. The number of aromatic nitrogens is 1. The summed E-state index contributed by atoms with van der Waals surface area (Å²) in [5.41, 5.74) is 0.756. The van der Waals surface area contributed by atoms with Crippen LogP contribution in [0.15, 0.2) is 54.2 Å². The van der Waals surface area contributed by atoms with E-state index >= 15 is 0 Å². The third-order valence-corrected chi connectivity index (χ3v) is 2.77. The number of carbonyl (C=O) groups is 1. The van der Waals surface area contributed by atoms with Crippen LogP contribution in [0.1, 0.15) is 12.5 Å². The molecule has 1 amide bonds. The maximum atomic E-state index is 12.1. The highest BCUT2D eigenvalue weighted by Gasteiger charge is 2.09. The summed E-state index contributed by atoms with van der Waals surface area (Å²) >= 11 is 0. The summed E-state index contributed by atoms with van der Waals surface area (Å²) in [5.74, 6) is 0.659. The van der Waals surface area contributed by atoms with Crippen LogP contribution in [0, 0.1) is 11.3 Å². The summed E-state index contributed by atoms with van der Waals surface area (Å²) in [4.78, 5) is 16.0. The van der Waals surface area contributed by atoms with E-state index in [1.54, 1.807) is 48.7 Å². The Morgan fingerprint density at radius 1 is 1.32 bits per heavy atom. The summed E-state index contributed by atoms with van der Waals surface area (Å²) in [5, 5.41) is 11.7. The topological polar surface area (TPSA) is 75.0 Å². The van der Waals surface area contributed by atoms with E-state index in [4.69, 9.17) is 10.00 Å². The van der Waals surface area contributed by atoms with Gasteiger partial charge in [-0.2, -0.15) is 5.26 Å². The summed E-state index contributed by atoms with van der Waals surface area (Å²) in [6.45, 7) is 2.49. The third kappa shape index (κ3) is 4.18. The van der Waals surface area contributed by atoms with E-state index in [9.17, 15) is 4.79 Å². The van der Waals surface area contributed by atoms with Gasteiger partial charge in [-0.05, 0) is 42.8 Å². The molecule has 22 heavy (non-hydrogen) atoms. The normalized spacial score (nSPS) is 10.6. The van der Waals surface area contributed by atoms with Gasteiger partial charge < -0.3 is 10.1 Å². The highest BCUT2D eigenvalue weighted by atomic mass is 16.5. The molecule has 5 heteroatoms. The van der Waals surface area contributed by atoms with Gasteiger partial charge in [0.1, 0.15) is 23.2 Å². The maximum absolute atomic E-state index is 12.1. The van der Waals surface area contributed by atoms with Crippen molar-refractivity contribution in [2.75, 3.05) is 11.9 Å². The second-order valence-electron chi connectivity index (χ2n) is 4.34. The van der Waals surface area contributed by atoms with Gasteiger partial charge >= 0.3 is 0 Å². The molecule has 0 fully saturated rings. The Labute approximate surface area is 128 Å². The molecule has 0 radical (unpaired) electrons. The number of pyridine rings is 1. The first-order valence-corrected chi connectivity index (χ1v) is 6.80. The average Bonchev–Trinajstić information content (AvgIpc) is 2.55. The number of nitrogens with one attached hydrogen (secondary N) is 1. The number of ether oxygens (including phenoxy) is 1. The monoisotopic (exact) mass is 293 g/mol. The molecule has 0 saturated heterocycles. The molecule has 110 valence electrons. The second kappa shape index (κ2) is 7.60. The fraction of sp³-hybridized carbons (Fsp3) is 0.118. The van der Waals surface area contributed by atoms with Gasteiger partial charge in [0.15, 0.2) is 0 Å². The number of carbonyl (C=O) groups excluding carboxylic acids is 1. The van der Waals surface area contributed by atoms with Crippen LogP contribution in [0.3, 0.4) is 0 Å². The summed E-state index contributed by atoms with van der Waals surface area (Å²) in [6.07, 6.45) is 3.09. The summed E-state index contributed by atoms with van der Waals surface area (Å²) in [7, 11) is 0. The molecule has 0 atom stereocenters. The van der Waals surface area contributed by atoms with Gasteiger partial charge in [-0.15, -0.1) is 0 Å². The van der Waals surface area contributed by atoms with Crippen LogP contribution in [0.5, 0.6) is 5.75 Å². The molecule has 0 aliphatic heterocycles. The fourth-order valence-electron chi connectivity index (χ4n) is 1.76. The van der Waals surface area contributed by atoms with E-state index in [1.165, 1.54) is 6.08 Å². The van der Waals surface area contributed by atoms with Crippen LogP contribution >= 0.6 is 0 Å². The Balaban J connectivity index is 2.13. The maximum Gasteiger partial charge on any atom is 0.267 e. The molecule has 0 bridgehead atoms. The molecule has 0 aliphatic rings. The van der Waals surface area contributed by atoms with Gasteiger partial charge in [0, 0.05) is 6.20 Å². The first kappa shape index (κ1) is 15.3. The fourth-order valence-corrected chi connectivity index (χ4v) is 1.76. The zero-order valence-corrected chi connectivity index (χ0v) is 12.1. The molecule has 1 aromatic heterocycles. The molecular formula is C17H15N3O2. The Kier molecular flexibility index (Phi) is 5.27. The molecular weight excluding hydrogens is 278 g/mol. The number of hydrogen-bond donors (Lipinski definition) is 1. The minimum absolute atomic E-state index is 0.00909. The van der Waals surface area contributed by atoms with Crippen molar-refractivity contribution in [3.8, 4) is 11.8 Å². The zero-order valence-electron chi connectivity index (χ0n) is 12.1. The van der Waals surface area contributed by atoms with Gasteiger partial charge in [-0.25, -0.2) is 4.98 Å². The molecule has 0 aliphatic carbocycles. The lowest BCUT2D eigenvalue weighted by molar-refractivity contribution is -0.112. The Morgan fingerprint density at radius 3 is 2.68 bits per heavy atom. The lowest BCUT2D eigenvalue weighted by Gasteiger charge is -2.04. The third-order valence-electron chi connectivity index (χ3n) is 2.77. The minimum Gasteiger partial charge on any atom is -0.494 e. The molecule has 2 rings (SSSR count). The van der Waals surface area contributed by atoms with E-state index in [2.05, 4.69) is 10.3 Å². The minimum atomic E-state index is -0.491. The van der Waals surface area contributed by atoms with E-state index in [0.29, 0.717) is 12.4 Å². The smallest absolute Gasteiger partial charge is 0.267 e. The second-order valence-corrected chi connectivity index (χ2v) is 4.34. The van der Waals surface area contributed by atoms with Crippen molar-refractivity contribution in [2.45, 2.75) is 6.92 Å². The lowest BCUT2D eigenvalue weighted by Crippen LogP contribution is -2.14. The van der Waals surface area contributed by atoms with E-state index in [1.807, 2.05) is 13.0 Å². The number of hydrogen-bond acceptors (Lipinski definition) is 4. The first-order valence-electron chi connectivity index (χ1n) is 6.80. The van der Waals surface area contributed by atoms with Gasteiger partial charge in [-0.1, -0.05) is 18.2 Å². The number of anilines is 1. The lowest BCUT2D eigenvalue weighted by atomic mass is 10.1. The molecule has 5 nitrogen and oxygen atoms in total. The van der Waals surface area contributed by atoms with Crippen LogP contribution in [0.25, 0.3) is 6.08 Å². The standard InChI is InChI=1S/C17H15N3O2/c1-2-22-15-8-6-13(7-9-15)11-14(12-18)17(21)20-16-5-3-4-10-19-16/h3-11H,2H2,1H3,(H,19,20,21). The van der Waals surface area contributed by atoms with Crippen LogP contribution in [-0.4, -0.2) is 17.5 Å². The van der Waals surface area contributed by atoms with Crippen molar-refractivity contribution in [3.05, 3.63) is 59.8 Å². The molecule has 0 spiro atoms. The van der Waals surface area contributed by atoms with Gasteiger partial charge in [0.25, 0.3) is 5.91 Å². The number of rotatable bonds is 5. The Hall–Kier alpha value is -3.13. The molecule has 1 N–H and O–H groups in total. The first-order chi connectivity index (χ1) is 10.7. The highest BCUT2D eigenvalue weighted by Crippen LogP contribution is 2.15. The number of nitriles is 1. The van der Waals surface area contributed by atoms with E-state index < -0.39 is 5.91 Å². The van der Waals surface area contributed by atoms with Crippen LogP contribution in [0.4, 0.5) is 5.82 Å². The molecule has 0 unspecified atom stereocenters. The van der Waals surface area contributed by atoms with Gasteiger partial charge in [0.2, 0.25) is 0 Å². The molecule has 1 heterocycles. The van der Waals surface area contributed by atoms with Crippen molar-refractivity contribution >= 4 is 17.8 Å². The van der Waals surface area contributed by atoms with Crippen molar-refractivity contribution in [3.63, 3.8) is 0 Å². The van der Waals surface area contributed by atoms with Crippen LogP contribution < -0.4 is 10.1 Å². The number of benzene rings is 1. The van der Waals surface area contributed by atoms with Gasteiger partial charge in [-0.3, -0.25) is 4.79 Å². The quantitative estimate of drug-likeness (QED) is 0.679. The van der Waals surface area contributed by atoms with E-state index in [0.717, 1.165) is 11.3 Å². The van der Waals surface area contributed by atoms with Crippen molar-refractivity contribution in [1.29, 1.82) is 5.26 Å². The summed E-state index contributed by atoms with van der Waals surface area (Å²) < 4.78 is 5.35. The predicted octanol–water partition coefficient (Wildman–Crippen LogP) is 3.03. The Morgan fingerprint density at radius 2 is 2.09 bits per heavy atom. The van der Waals surface area contributed by atoms with Crippen LogP contribution in [0.2, 0.25) is 0 Å². The Bertz CT molecular complexity index is 701. The number of nitrogens with zero attached hydrogens (tertiary/aromatic N) is 2. The largest absolute Gasteiger partial charge is 0.494 e. The molecule has 2 aromatic rings. The highest BCUT2D eigenvalue weighted by molar-refractivity contribution is 6.09. The molecule has 1 aromatic carbocycles. The van der Waals surface area contributed by atoms with Gasteiger partial charge in [0.05, 0.1) is 6.61 Å². The van der Waals surface area contributed by atoms with Crippen molar-refractivity contribution < 1.29 is 9.53 Å². The van der Waals surface area contributed by atoms with Crippen molar-refractivity contribution in [2.24, 2.45) is 0 Å². The molecule has 0 saturated carbocycles. The van der Waals surface area contributed by atoms with Crippen LogP contribution in [-0.2, 0) is 4.79 Å². The predicted molar refractivity (Wildman–Crippen MR) is 84.1 cm³/mol. The van der Waals surface area contributed by atoms with E-state index in [-0.39, 0.29) is 5.57 Å². The van der Waals surface area contributed by atoms with Crippen molar-refractivity contribution in [1.82, 2.24) is 4.98 Å². The SMILES string of the molecule is CCOc1ccc(C=C(C#N)C(=O)Nc2ccccn2)cc1. The zero-order chi connectivity index (χ0) is 15.8.